The lowest BCUT2D eigenvalue weighted by Gasteiger charge is -2.39. The van der Waals surface area contributed by atoms with Crippen LogP contribution in [0.15, 0.2) is 18.2 Å². The molecule has 94 valence electrons. The lowest BCUT2D eigenvalue weighted by molar-refractivity contribution is -0.0276. The van der Waals surface area contributed by atoms with Crippen LogP contribution >= 0.6 is 11.6 Å². The summed E-state index contributed by atoms with van der Waals surface area (Å²) in [6, 6.07) is 5.69. The average Bonchev–Trinajstić information content (AvgIpc) is 2.27. The molecule has 3 nitrogen and oxygen atoms in total. The quantitative estimate of drug-likeness (QED) is 0.881. The van der Waals surface area contributed by atoms with E-state index in [9.17, 15) is 0 Å². The molecule has 4 heteroatoms. The van der Waals surface area contributed by atoms with Crippen LogP contribution in [0.4, 0.5) is 5.69 Å². The van der Waals surface area contributed by atoms with Crippen LogP contribution < -0.4 is 4.90 Å². The number of hydrogen-bond donors (Lipinski definition) is 1. The number of benzene rings is 1. The van der Waals surface area contributed by atoms with Gasteiger partial charge in [-0.15, -0.1) is 0 Å². The molecule has 0 atom stereocenters. The number of anilines is 1. The molecule has 1 saturated heterocycles. The number of rotatable bonds is 2. The van der Waals surface area contributed by atoms with Crippen molar-refractivity contribution in [1.82, 2.24) is 0 Å². The molecule has 1 aromatic carbocycles. The van der Waals surface area contributed by atoms with Crippen LogP contribution in [0, 0.1) is 0 Å². The molecule has 0 amide bonds. The largest absolute Gasteiger partial charge is 0.392 e. The van der Waals surface area contributed by atoms with E-state index in [1.165, 1.54) is 0 Å². The third kappa shape index (κ3) is 2.92. The van der Waals surface area contributed by atoms with E-state index in [0.29, 0.717) is 11.6 Å². The molecule has 0 aromatic heterocycles. The summed E-state index contributed by atoms with van der Waals surface area (Å²) in [5.74, 6) is 0. The highest BCUT2D eigenvalue weighted by Crippen LogP contribution is 2.30. The zero-order valence-corrected chi connectivity index (χ0v) is 11.0. The topological polar surface area (TPSA) is 32.7 Å². The Balaban J connectivity index is 2.22. The smallest absolute Gasteiger partial charge is 0.0801 e. The fourth-order valence-electron chi connectivity index (χ4n) is 2.13. The number of morpholine rings is 1. The molecule has 1 fully saturated rings. The third-order valence-corrected chi connectivity index (χ3v) is 3.26. The number of hydrogen-bond acceptors (Lipinski definition) is 3. The van der Waals surface area contributed by atoms with Gasteiger partial charge in [0.05, 0.1) is 29.5 Å². The Morgan fingerprint density at radius 1 is 1.47 bits per heavy atom. The molecule has 2 rings (SSSR count). The first-order valence-corrected chi connectivity index (χ1v) is 6.18. The Morgan fingerprint density at radius 3 is 2.82 bits per heavy atom. The minimum atomic E-state index is -0.142. The van der Waals surface area contributed by atoms with Crippen LogP contribution in [0.1, 0.15) is 19.4 Å². The Labute approximate surface area is 107 Å². The molecular formula is C13H18ClNO2. The molecule has 0 saturated carbocycles. The fourth-order valence-corrected chi connectivity index (χ4v) is 2.45. The molecular weight excluding hydrogens is 238 g/mol. The normalized spacial score (nSPS) is 19.4. The first kappa shape index (κ1) is 12.7. The number of nitrogens with zero attached hydrogens (tertiary/aromatic N) is 1. The Morgan fingerprint density at radius 2 is 2.24 bits per heavy atom. The van der Waals surface area contributed by atoms with Crippen molar-refractivity contribution in [3.63, 3.8) is 0 Å². The van der Waals surface area contributed by atoms with Crippen molar-refractivity contribution >= 4 is 17.3 Å². The summed E-state index contributed by atoms with van der Waals surface area (Å²) in [7, 11) is 0. The van der Waals surface area contributed by atoms with Gasteiger partial charge in [-0.1, -0.05) is 17.7 Å². The van der Waals surface area contributed by atoms with E-state index in [0.717, 1.165) is 24.3 Å². The van der Waals surface area contributed by atoms with Gasteiger partial charge in [-0.2, -0.15) is 0 Å². The molecule has 0 aliphatic carbocycles. The number of aliphatic hydroxyl groups excluding tert-OH is 1. The first-order chi connectivity index (χ1) is 8.02. The van der Waals surface area contributed by atoms with Crippen LogP contribution in [0.2, 0.25) is 5.02 Å². The zero-order chi connectivity index (χ0) is 12.5. The average molecular weight is 256 g/mol. The number of ether oxygens (including phenoxy) is 1. The van der Waals surface area contributed by atoms with Gasteiger partial charge in [-0.25, -0.2) is 0 Å². The molecule has 0 radical (unpaired) electrons. The molecule has 0 bridgehead atoms. The van der Waals surface area contributed by atoms with Gasteiger partial charge in [0.25, 0.3) is 0 Å². The molecule has 1 heterocycles. The monoisotopic (exact) mass is 255 g/mol. The predicted molar refractivity (Wildman–Crippen MR) is 69.6 cm³/mol. The second kappa shape index (κ2) is 4.84. The molecule has 1 aromatic rings. The molecule has 1 aliphatic heterocycles. The maximum atomic E-state index is 9.05. The van der Waals surface area contributed by atoms with Gasteiger partial charge in [0, 0.05) is 13.1 Å². The highest BCUT2D eigenvalue weighted by atomic mass is 35.5. The van der Waals surface area contributed by atoms with E-state index in [1.807, 2.05) is 18.2 Å². The number of halogens is 1. The molecule has 0 spiro atoms. The Kier molecular flexibility index (Phi) is 3.61. The van der Waals surface area contributed by atoms with Gasteiger partial charge in [0.2, 0.25) is 0 Å². The summed E-state index contributed by atoms with van der Waals surface area (Å²) < 4.78 is 5.68. The highest BCUT2D eigenvalue weighted by molar-refractivity contribution is 6.33. The van der Waals surface area contributed by atoms with Crippen molar-refractivity contribution in [3.8, 4) is 0 Å². The highest BCUT2D eigenvalue weighted by Gasteiger charge is 2.28. The van der Waals surface area contributed by atoms with E-state index in [1.54, 1.807) is 0 Å². The van der Waals surface area contributed by atoms with E-state index in [4.69, 9.17) is 21.4 Å². The molecule has 1 N–H and O–H groups in total. The van der Waals surface area contributed by atoms with Crippen molar-refractivity contribution in [3.05, 3.63) is 28.8 Å². The maximum absolute atomic E-state index is 9.05. The second-order valence-corrected chi connectivity index (χ2v) is 5.38. The minimum Gasteiger partial charge on any atom is -0.392 e. The van der Waals surface area contributed by atoms with Crippen LogP contribution in [0.3, 0.4) is 0 Å². The second-order valence-electron chi connectivity index (χ2n) is 4.97. The Bertz CT molecular complexity index is 406. The van der Waals surface area contributed by atoms with Gasteiger partial charge >= 0.3 is 0 Å². The summed E-state index contributed by atoms with van der Waals surface area (Å²) in [6.07, 6.45) is 0. The van der Waals surface area contributed by atoms with Crippen LogP contribution in [0.5, 0.6) is 0 Å². The summed E-state index contributed by atoms with van der Waals surface area (Å²) in [5.41, 5.74) is 1.71. The van der Waals surface area contributed by atoms with Crippen molar-refractivity contribution in [2.45, 2.75) is 26.1 Å². The van der Waals surface area contributed by atoms with E-state index in [-0.39, 0.29) is 12.2 Å². The van der Waals surface area contributed by atoms with Gasteiger partial charge < -0.3 is 14.7 Å². The first-order valence-electron chi connectivity index (χ1n) is 5.80. The minimum absolute atomic E-state index is 0.0224. The summed E-state index contributed by atoms with van der Waals surface area (Å²) >= 11 is 6.24. The van der Waals surface area contributed by atoms with Crippen LogP contribution in [0.25, 0.3) is 0 Å². The molecule has 0 unspecified atom stereocenters. The fraction of sp³-hybridized carbons (Fsp3) is 0.538. The van der Waals surface area contributed by atoms with Crippen LogP contribution in [-0.4, -0.2) is 30.4 Å². The van der Waals surface area contributed by atoms with E-state index < -0.39 is 0 Å². The number of aliphatic hydroxyl groups is 1. The summed E-state index contributed by atoms with van der Waals surface area (Å²) in [4.78, 5) is 2.23. The SMILES string of the molecule is CC1(C)CN(c2ccc(CO)cc2Cl)CCO1. The predicted octanol–water partition coefficient (Wildman–Crippen LogP) is 2.45. The lowest BCUT2D eigenvalue weighted by Crippen LogP contribution is -2.48. The Hall–Kier alpha value is -0.770. The zero-order valence-electron chi connectivity index (χ0n) is 10.2. The van der Waals surface area contributed by atoms with Crippen molar-refractivity contribution in [2.75, 3.05) is 24.6 Å². The molecule has 17 heavy (non-hydrogen) atoms. The van der Waals surface area contributed by atoms with Gasteiger partial charge in [-0.05, 0) is 31.5 Å². The van der Waals surface area contributed by atoms with Crippen molar-refractivity contribution in [2.24, 2.45) is 0 Å². The van der Waals surface area contributed by atoms with Gasteiger partial charge in [0.1, 0.15) is 0 Å². The molecule has 1 aliphatic rings. The summed E-state index contributed by atoms with van der Waals surface area (Å²) in [6.45, 7) is 6.57. The van der Waals surface area contributed by atoms with Gasteiger partial charge in [0.15, 0.2) is 0 Å². The maximum Gasteiger partial charge on any atom is 0.0801 e. The van der Waals surface area contributed by atoms with Gasteiger partial charge in [-0.3, -0.25) is 0 Å². The van der Waals surface area contributed by atoms with E-state index in [2.05, 4.69) is 18.7 Å². The van der Waals surface area contributed by atoms with Crippen molar-refractivity contribution in [1.29, 1.82) is 0 Å². The lowest BCUT2D eigenvalue weighted by atomic mass is 10.1. The third-order valence-electron chi connectivity index (χ3n) is 2.96. The van der Waals surface area contributed by atoms with Crippen molar-refractivity contribution < 1.29 is 9.84 Å². The summed E-state index contributed by atoms with van der Waals surface area (Å²) in [5, 5.41) is 9.74. The van der Waals surface area contributed by atoms with Crippen LogP contribution in [-0.2, 0) is 11.3 Å². The van der Waals surface area contributed by atoms with E-state index >= 15 is 0 Å². The standard InChI is InChI=1S/C13H18ClNO2/c1-13(2)9-15(5-6-17-13)12-4-3-10(8-16)7-11(12)14/h3-4,7,16H,5-6,8-9H2,1-2H3.